The van der Waals surface area contributed by atoms with E-state index in [0.29, 0.717) is 29.8 Å². The highest BCUT2D eigenvalue weighted by atomic mass is 19.4. The van der Waals surface area contributed by atoms with Gasteiger partial charge in [-0.2, -0.15) is 18.4 Å². The number of aromatic nitrogens is 5. The number of aryl methyl sites for hydroxylation is 1. The minimum absolute atomic E-state index is 0.0304. The van der Waals surface area contributed by atoms with Gasteiger partial charge in [0.1, 0.15) is 17.5 Å². The van der Waals surface area contributed by atoms with Crippen LogP contribution in [0, 0.1) is 16.7 Å². The molecule has 1 aliphatic rings. The number of hydrogen-bond acceptors (Lipinski definition) is 6. The normalized spacial score (nSPS) is 15.5. The first-order valence-electron chi connectivity index (χ1n) is 9.07. The van der Waals surface area contributed by atoms with Crippen molar-refractivity contribution < 1.29 is 18.0 Å². The van der Waals surface area contributed by atoms with Crippen molar-refractivity contribution in [3.63, 3.8) is 0 Å². The quantitative estimate of drug-likeness (QED) is 0.636. The van der Waals surface area contributed by atoms with Gasteiger partial charge in [-0.3, -0.25) is 4.79 Å². The van der Waals surface area contributed by atoms with Gasteiger partial charge in [-0.15, -0.1) is 15.0 Å². The molecule has 1 aromatic carbocycles. The number of carbonyl (C=O) groups excluding carboxylic acids is 1. The van der Waals surface area contributed by atoms with E-state index in [-0.39, 0.29) is 22.9 Å². The average molecular weight is 412 g/mol. The first kappa shape index (κ1) is 19.7. The highest BCUT2D eigenvalue weighted by Gasteiger charge is 2.35. The summed E-state index contributed by atoms with van der Waals surface area (Å²) >= 11 is 0. The van der Waals surface area contributed by atoms with Crippen molar-refractivity contribution in [3.8, 4) is 23.3 Å². The van der Waals surface area contributed by atoms with Gasteiger partial charge in [0.15, 0.2) is 5.78 Å². The number of benzene rings is 1. The minimum Gasteiger partial charge on any atom is -0.294 e. The number of fused-ring (bicyclic) bond motifs is 1. The summed E-state index contributed by atoms with van der Waals surface area (Å²) in [5.41, 5.74) is 0.0647. The Hall–Kier alpha value is -3.61. The number of carbonyl (C=O) groups is 1. The zero-order valence-electron chi connectivity index (χ0n) is 16.0. The number of pyridine rings is 1. The van der Waals surface area contributed by atoms with E-state index < -0.39 is 17.2 Å². The van der Waals surface area contributed by atoms with E-state index >= 15 is 0 Å². The van der Waals surface area contributed by atoms with Crippen molar-refractivity contribution in [1.82, 2.24) is 25.2 Å². The topological polar surface area (TPSA) is 97.3 Å². The minimum atomic E-state index is -4.57. The molecular weight excluding hydrogens is 397 g/mol. The van der Waals surface area contributed by atoms with Gasteiger partial charge < -0.3 is 0 Å². The van der Waals surface area contributed by atoms with Crippen molar-refractivity contribution in [2.75, 3.05) is 0 Å². The second-order valence-corrected chi connectivity index (χ2v) is 7.65. The first-order valence-corrected chi connectivity index (χ1v) is 9.07. The van der Waals surface area contributed by atoms with Crippen molar-refractivity contribution in [3.05, 3.63) is 52.7 Å². The summed E-state index contributed by atoms with van der Waals surface area (Å²) in [5, 5.41) is 21.2. The third-order valence-corrected chi connectivity index (χ3v) is 5.12. The largest absolute Gasteiger partial charge is 0.416 e. The predicted molar refractivity (Wildman–Crippen MR) is 98.5 cm³/mol. The van der Waals surface area contributed by atoms with Crippen LogP contribution in [0.5, 0.6) is 0 Å². The van der Waals surface area contributed by atoms with Gasteiger partial charge in [0.05, 0.1) is 16.8 Å². The van der Waals surface area contributed by atoms with Crippen LogP contribution in [-0.2, 0) is 12.6 Å². The number of alkyl halides is 3. The van der Waals surface area contributed by atoms with E-state index in [1.165, 1.54) is 0 Å². The molecule has 3 aromatic rings. The number of halogens is 3. The Labute approximate surface area is 169 Å². The maximum atomic E-state index is 12.9. The molecule has 0 saturated heterocycles. The van der Waals surface area contributed by atoms with Gasteiger partial charge in [0.25, 0.3) is 0 Å². The molecule has 0 amide bonds. The number of ketones is 1. The van der Waals surface area contributed by atoms with Crippen molar-refractivity contribution in [2.24, 2.45) is 5.41 Å². The highest BCUT2D eigenvalue weighted by molar-refractivity contribution is 6.02. The van der Waals surface area contributed by atoms with E-state index in [4.69, 9.17) is 0 Å². The molecule has 30 heavy (non-hydrogen) atoms. The maximum Gasteiger partial charge on any atom is 0.416 e. The molecule has 2 heterocycles. The SMILES string of the molecule is CC1(C)CCc2nc(-c3nnn(-c4ccc(C(F)(F)F)cc4C#N)n3)ccc2C1=O. The van der Waals surface area contributed by atoms with E-state index in [0.717, 1.165) is 23.0 Å². The van der Waals surface area contributed by atoms with Crippen LogP contribution < -0.4 is 0 Å². The lowest BCUT2D eigenvalue weighted by molar-refractivity contribution is -0.137. The summed E-state index contributed by atoms with van der Waals surface area (Å²) in [4.78, 5) is 18.0. The Morgan fingerprint density at radius 2 is 1.97 bits per heavy atom. The number of hydrogen-bond donors (Lipinski definition) is 0. The molecule has 0 radical (unpaired) electrons. The van der Waals surface area contributed by atoms with Gasteiger partial charge in [0, 0.05) is 11.0 Å². The molecule has 0 spiro atoms. The van der Waals surface area contributed by atoms with Gasteiger partial charge in [-0.05, 0) is 48.4 Å². The Morgan fingerprint density at radius 1 is 1.20 bits per heavy atom. The zero-order valence-corrected chi connectivity index (χ0v) is 16.0. The molecule has 2 aromatic heterocycles. The Balaban J connectivity index is 1.69. The van der Waals surface area contributed by atoms with Crippen molar-refractivity contribution in [1.29, 1.82) is 5.26 Å². The smallest absolute Gasteiger partial charge is 0.294 e. The third-order valence-electron chi connectivity index (χ3n) is 5.12. The predicted octanol–water partition coefficient (Wildman–Crippen LogP) is 3.77. The summed E-state index contributed by atoms with van der Waals surface area (Å²) < 4.78 is 38.7. The molecule has 0 bridgehead atoms. The van der Waals surface area contributed by atoms with Crippen LogP contribution in [0.25, 0.3) is 17.2 Å². The highest BCUT2D eigenvalue weighted by Crippen LogP contribution is 2.35. The fraction of sp³-hybridized carbons (Fsp3) is 0.300. The van der Waals surface area contributed by atoms with E-state index in [1.54, 1.807) is 18.2 Å². The molecule has 0 saturated carbocycles. The molecule has 0 aliphatic heterocycles. The molecule has 0 fully saturated rings. The number of Topliss-reactive ketones (excluding diaryl/α,β-unsaturated/α-hetero) is 1. The molecule has 4 rings (SSSR count). The van der Waals surface area contributed by atoms with Gasteiger partial charge in [-0.1, -0.05) is 13.8 Å². The fourth-order valence-electron chi connectivity index (χ4n) is 3.33. The fourth-order valence-corrected chi connectivity index (χ4v) is 3.33. The summed E-state index contributed by atoms with van der Waals surface area (Å²) in [6, 6.07) is 7.73. The van der Waals surface area contributed by atoms with E-state index in [1.807, 2.05) is 13.8 Å². The first-order chi connectivity index (χ1) is 14.1. The average Bonchev–Trinajstić information content (AvgIpc) is 3.19. The molecule has 0 unspecified atom stereocenters. The van der Waals surface area contributed by atoms with Crippen LogP contribution in [0.2, 0.25) is 0 Å². The number of rotatable bonds is 2. The summed E-state index contributed by atoms with van der Waals surface area (Å²) in [6.45, 7) is 3.80. The Morgan fingerprint density at radius 3 is 2.67 bits per heavy atom. The third kappa shape index (κ3) is 3.32. The zero-order chi connectivity index (χ0) is 21.7. The van der Waals surface area contributed by atoms with Crippen LogP contribution in [-0.4, -0.2) is 31.0 Å². The number of nitrogens with zero attached hydrogens (tertiary/aromatic N) is 6. The Bertz CT molecular complexity index is 1210. The van der Waals surface area contributed by atoms with Crippen LogP contribution in [0.15, 0.2) is 30.3 Å². The lowest BCUT2D eigenvalue weighted by Crippen LogP contribution is -2.31. The van der Waals surface area contributed by atoms with Crippen molar-refractivity contribution in [2.45, 2.75) is 32.9 Å². The molecule has 152 valence electrons. The Kier molecular flexibility index (Phi) is 4.42. The van der Waals surface area contributed by atoms with Crippen LogP contribution in [0.3, 0.4) is 0 Å². The van der Waals surface area contributed by atoms with Gasteiger partial charge >= 0.3 is 6.18 Å². The molecule has 10 heteroatoms. The van der Waals surface area contributed by atoms with Crippen LogP contribution >= 0.6 is 0 Å². The summed E-state index contributed by atoms with van der Waals surface area (Å²) in [7, 11) is 0. The second-order valence-electron chi connectivity index (χ2n) is 7.65. The van der Waals surface area contributed by atoms with E-state index in [9.17, 15) is 23.2 Å². The lowest BCUT2D eigenvalue weighted by atomic mass is 9.75. The van der Waals surface area contributed by atoms with Crippen LogP contribution in [0.1, 0.15) is 47.4 Å². The van der Waals surface area contributed by atoms with Crippen molar-refractivity contribution >= 4 is 5.78 Å². The lowest BCUT2D eigenvalue weighted by Gasteiger charge is -2.28. The van der Waals surface area contributed by atoms with Gasteiger partial charge in [0.2, 0.25) is 5.82 Å². The van der Waals surface area contributed by atoms with Crippen LogP contribution in [0.4, 0.5) is 13.2 Å². The maximum absolute atomic E-state index is 12.9. The molecule has 0 atom stereocenters. The molecule has 7 nitrogen and oxygen atoms in total. The van der Waals surface area contributed by atoms with E-state index in [2.05, 4.69) is 20.4 Å². The second kappa shape index (κ2) is 6.73. The molecular formula is C20H15F3N6O. The number of tetrazole rings is 1. The molecule has 1 aliphatic carbocycles. The standard InChI is InChI=1S/C20H15F3N6O/c1-19(2)8-7-14-13(17(19)30)4-5-15(25-14)18-26-28-29(27-18)16-6-3-12(20(21,22)23)9-11(16)10-24/h3-6,9H,7-8H2,1-2H3. The molecule has 0 N–H and O–H groups in total. The number of nitriles is 1. The van der Waals surface area contributed by atoms with Gasteiger partial charge in [-0.25, -0.2) is 4.98 Å². The summed E-state index contributed by atoms with van der Waals surface area (Å²) in [5.74, 6) is 0.168. The summed E-state index contributed by atoms with van der Waals surface area (Å²) in [6.07, 6.45) is -3.26. The monoisotopic (exact) mass is 412 g/mol.